The quantitative estimate of drug-likeness (QED) is 0.683. The average molecular weight is 185 g/mol. The Labute approximate surface area is 77.2 Å². The summed E-state index contributed by atoms with van der Waals surface area (Å²) in [7, 11) is 0. The SMILES string of the molecule is C[C@@H](O)CCNCc1ccsc1. The molecule has 2 nitrogen and oxygen atoms in total. The molecule has 12 heavy (non-hydrogen) atoms. The van der Waals surface area contributed by atoms with E-state index in [2.05, 4.69) is 22.1 Å². The van der Waals surface area contributed by atoms with Crippen LogP contribution in [-0.2, 0) is 6.54 Å². The van der Waals surface area contributed by atoms with Crippen molar-refractivity contribution in [3.05, 3.63) is 22.4 Å². The molecule has 68 valence electrons. The molecule has 0 radical (unpaired) electrons. The third kappa shape index (κ3) is 3.85. The van der Waals surface area contributed by atoms with Gasteiger partial charge in [-0.2, -0.15) is 11.3 Å². The van der Waals surface area contributed by atoms with Crippen molar-refractivity contribution in [2.45, 2.75) is 26.0 Å². The van der Waals surface area contributed by atoms with E-state index in [1.54, 1.807) is 11.3 Å². The topological polar surface area (TPSA) is 32.3 Å². The fourth-order valence-corrected chi connectivity index (χ4v) is 1.61. The summed E-state index contributed by atoms with van der Waals surface area (Å²) in [4.78, 5) is 0. The third-order valence-electron chi connectivity index (χ3n) is 1.65. The van der Waals surface area contributed by atoms with Crippen molar-refractivity contribution in [1.29, 1.82) is 0 Å². The van der Waals surface area contributed by atoms with Gasteiger partial charge in [-0.15, -0.1) is 0 Å². The second-order valence-corrected chi connectivity index (χ2v) is 3.73. The summed E-state index contributed by atoms with van der Waals surface area (Å²) in [6.45, 7) is 3.61. The Bertz CT molecular complexity index is 196. The van der Waals surface area contributed by atoms with Gasteiger partial charge < -0.3 is 10.4 Å². The van der Waals surface area contributed by atoms with Crippen LogP contribution in [0.15, 0.2) is 16.8 Å². The van der Waals surface area contributed by atoms with Gasteiger partial charge >= 0.3 is 0 Å². The molecule has 2 N–H and O–H groups in total. The number of rotatable bonds is 5. The largest absolute Gasteiger partial charge is 0.393 e. The van der Waals surface area contributed by atoms with Gasteiger partial charge in [0, 0.05) is 6.54 Å². The molecule has 0 amide bonds. The molecule has 1 heterocycles. The van der Waals surface area contributed by atoms with Crippen LogP contribution in [0.25, 0.3) is 0 Å². The summed E-state index contributed by atoms with van der Waals surface area (Å²) in [5.41, 5.74) is 1.32. The highest BCUT2D eigenvalue weighted by atomic mass is 32.1. The Kier molecular flexibility index (Phi) is 4.29. The lowest BCUT2D eigenvalue weighted by Crippen LogP contribution is -2.18. The molecule has 0 saturated heterocycles. The molecular weight excluding hydrogens is 170 g/mol. The first-order chi connectivity index (χ1) is 5.79. The highest BCUT2D eigenvalue weighted by Crippen LogP contribution is 2.04. The van der Waals surface area contributed by atoms with Gasteiger partial charge in [0.1, 0.15) is 0 Å². The zero-order valence-corrected chi connectivity index (χ0v) is 8.10. The normalized spacial score (nSPS) is 13.2. The molecule has 1 rings (SSSR count). The molecular formula is C9H15NOS. The number of aliphatic hydroxyl groups excluding tert-OH is 1. The van der Waals surface area contributed by atoms with Gasteiger partial charge in [0.15, 0.2) is 0 Å². The van der Waals surface area contributed by atoms with Gasteiger partial charge in [-0.05, 0) is 42.3 Å². The molecule has 0 aromatic carbocycles. The Morgan fingerprint density at radius 3 is 3.08 bits per heavy atom. The van der Waals surface area contributed by atoms with E-state index in [1.807, 2.05) is 6.92 Å². The fourth-order valence-electron chi connectivity index (χ4n) is 0.937. The van der Waals surface area contributed by atoms with Crippen molar-refractivity contribution in [2.75, 3.05) is 6.54 Å². The van der Waals surface area contributed by atoms with Gasteiger partial charge in [-0.3, -0.25) is 0 Å². The smallest absolute Gasteiger partial charge is 0.0524 e. The first-order valence-corrected chi connectivity index (χ1v) is 5.13. The molecule has 0 saturated carbocycles. The number of thiophene rings is 1. The molecule has 1 atom stereocenters. The Hall–Kier alpha value is -0.380. The van der Waals surface area contributed by atoms with Crippen LogP contribution in [0, 0.1) is 0 Å². The summed E-state index contributed by atoms with van der Waals surface area (Å²) in [5, 5.41) is 16.4. The van der Waals surface area contributed by atoms with E-state index < -0.39 is 0 Å². The van der Waals surface area contributed by atoms with Crippen molar-refractivity contribution in [2.24, 2.45) is 0 Å². The highest BCUT2D eigenvalue weighted by molar-refractivity contribution is 7.07. The van der Waals surface area contributed by atoms with Crippen molar-refractivity contribution in [3.63, 3.8) is 0 Å². The molecule has 0 fully saturated rings. The minimum absolute atomic E-state index is 0.194. The standard InChI is InChI=1S/C9H15NOS/c1-8(11)2-4-10-6-9-3-5-12-7-9/h3,5,7-8,10-11H,2,4,6H2,1H3/t8-/m1/s1. The van der Waals surface area contributed by atoms with Crippen LogP contribution in [0.4, 0.5) is 0 Å². The van der Waals surface area contributed by atoms with Crippen LogP contribution < -0.4 is 5.32 Å². The predicted molar refractivity (Wildman–Crippen MR) is 52.3 cm³/mol. The number of aliphatic hydroxyl groups is 1. The van der Waals surface area contributed by atoms with E-state index in [1.165, 1.54) is 5.56 Å². The Morgan fingerprint density at radius 2 is 2.50 bits per heavy atom. The molecule has 1 aromatic heterocycles. The molecule has 0 unspecified atom stereocenters. The lowest BCUT2D eigenvalue weighted by Gasteiger charge is -2.04. The second kappa shape index (κ2) is 5.30. The predicted octanol–water partition coefficient (Wildman–Crippen LogP) is 1.61. The van der Waals surface area contributed by atoms with Crippen molar-refractivity contribution < 1.29 is 5.11 Å². The summed E-state index contributed by atoms with van der Waals surface area (Å²) < 4.78 is 0. The first-order valence-electron chi connectivity index (χ1n) is 4.19. The maximum absolute atomic E-state index is 8.97. The van der Waals surface area contributed by atoms with Crippen LogP contribution in [0.1, 0.15) is 18.9 Å². The van der Waals surface area contributed by atoms with Gasteiger partial charge in [-0.1, -0.05) is 0 Å². The Morgan fingerprint density at radius 1 is 1.67 bits per heavy atom. The molecule has 0 aliphatic rings. The van der Waals surface area contributed by atoms with E-state index in [0.717, 1.165) is 19.5 Å². The molecule has 1 aromatic rings. The lowest BCUT2D eigenvalue weighted by molar-refractivity contribution is 0.183. The number of hydrogen-bond acceptors (Lipinski definition) is 3. The second-order valence-electron chi connectivity index (χ2n) is 2.95. The average Bonchev–Trinajstić information content (AvgIpc) is 2.49. The first kappa shape index (κ1) is 9.71. The maximum atomic E-state index is 8.97. The third-order valence-corrected chi connectivity index (χ3v) is 2.38. The fraction of sp³-hybridized carbons (Fsp3) is 0.556. The molecule has 0 bridgehead atoms. The summed E-state index contributed by atoms with van der Waals surface area (Å²) in [6.07, 6.45) is 0.629. The molecule has 0 spiro atoms. The zero-order valence-electron chi connectivity index (χ0n) is 7.29. The number of hydrogen-bond donors (Lipinski definition) is 2. The summed E-state index contributed by atoms with van der Waals surface area (Å²) in [5.74, 6) is 0. The minimum atomic E-state index is -0.194. The van der Waals surface area contributed by atoms with Crippen LogP contribution in [0.5, 0.6) is 0 Å². The van der Waals surface area contributed by atoms with E-state index in [0.29, 0.717) is 0 Å². The minimum Gasteiger partial charge on any atom is -0.393 e. The van der Waals surface area contributed by atoms with Crippen LogP contribution in [-0.4, -0.2) is 17.8 Å². The van der Waals surface area contributed by atoms with Crippen molar-refractivity contribution in [1.82, 2.24) is 5.32 Å². The van der Waals surface area contributed by atoms with Gasteiger partial charge in [0.25, 0.3) is 0 Å². The highest BCUT2D eigenvalue weighted by Gasteiger charge is 1.95. The lowest BCUT2D eigenvalue weighted by atomic mass is 10.3. The van der Waals surface area contributed by atoms with Crippen LogP contribution >= 0.6 is 11.3 Å². The van der Waals surface area contributed by atoms with E-state index in [-0.39, 0.29) is 6.10 Å². The summed E-state index contributed by atoms with van der Waals surface area (Å²) in [6, 6.07) is 2.11. The van der Waals surface area contributed by atoms with Crippen molar-refractivity contribution >= 4 is 11.3 Å². The molecule has 0 aliphatic carbocycles. The molecule has 0 aliphatic heterocycles. The van der Waals surface area contributed by atoms with Crippen molar-refractivity contribution in [3.8, 4) is 0 Å². The van der Waals surface area contributed by atoms with E-state index >= 15 is 0 Å². The van der Waals surface area contributed by atoms with Gasteiger partial charge in [0.05, 0.1) is 6.10 Å². The summed E-state index contributed by atoms with van der Waals surface area (Å²) >= 11 is 1.71. The van der Waals surface area contributed by atoms with Gasteiger partial charge in [-0.25, -0.2) is 0 Å². The monoisotopic (exact) mass is 185 g/mol. The molecule has 3 heteroatoms. The van der Waals surface area contributed by atoms with Gasteiger partial charge in [0.2, 0.25) is 0 Å². The van der Waals surface area contributed by atoms with E-state index in [9.17, 15) is 0 Å². The maximum Gasteiger partial charge on any atom is 0.0524 e. The van der Waals surface area contributed by atoms with E-state index in [4.69, 9.17) is 5.11 Å². The zero-order chi connectivity index (χ0) is 8.81. The Balaban J connectivity index is 2.04. The van der Waals surface area contributed by atoms with Crippen LogP contribution in [0.2, 0.25) is 0 Å². The number of nitrogens with one attached hydrogen (secondary N) is 1. The van der Waals surface area contributed by atoms with Crippen LogP contribution in [0.3, 0.4) is 0 Å².